The van der Waals surface area contributed by atoms with Crippen LogP contribution < -0.4 is 5.32 Å². The van der Waals surface area contributed by atoms with E-state index in [1.54, 1.807) is 6.07 Å². The molecule has 1 saturated heterocycles. The van der Waals surface area contributed by atoms with E-state index in [0.717, 1.165) is 25.2 Å². The Hall–Kier alpha value is -1.62. The van der Waals surface area contributed by atoms with E-state index in [9.17, 15) is 10.1 Å². The third-order valence-electron chi connectivity index (χ3n) is 3.73. The van der Waals surface area contributed by atoms with E-state index < -0.39 is 0 Å². The van der Waals surface area contributed by atoms with E-state index >= 15 is 0 Å². The summed E-state index contributed by atoms with van der Waals surface area (Å²) in [5.74, 6) is 0. The van der Waals surface area contributed by atoms with Crippen LogP contribution in [0.2, 0.25) is 0 Å². The van der Waals surface area contributed by atoms with Crippen molar-refractivity contribution >= 4 is 11.4 Å². The second-order valence-corrected chi connectivity index (χ2v) is 5.33. The summed E-state index contributed by atoms with van der Waals surface area (Å²) in [5, 5.41) is 14.1. The molecule has 0 unspecified atom stereocenters. The molecule has 110 valence electrons. The van der Waals surface area contributed by atoms with Gasteiger partial charge in [-0.1, -0.05) is 18.9 Å². The van der Waals surface area contributed by atoms with Crippen LogP contribution >= 0.6 is 0 Å². The number of benzene rings is 1. The first-order valence-electron chi connectivity index (χ1n) is 7.44. The molecule has 0 amide bonds. The summed E-state index contributed by atoms with van der Waals surface area (Å²) < 4.78 is 0. The molecule has 2 rings (SSSR count). The highest BCUT2D eigenvalue weighted by Gasteiger charge is 2.15. The fraction of sp³-hybridized carbons (Fsp3) is 0.600. The molecule has 0 saturated carbocycles. The lowest BCUT2D eigenvalue weighted by molar-refractivity contribution is -0.384. The van der Waals surface area contributed by atoms with Crippen LogP contribution in [0, 0.1) is 10.1 Å². The molecule has 1 N–H and O–H groups in total. The maximum Gasteiger partial charge on any atom is 0.292 e. The molecule has 5 heteroatoms. The summed E-state index contributed by atoms with van der Waals surface area (Å²) in [5.41, 5.74) is 1.93. The summed E-state index contributed by atoms with van der Waals surface area (Å²) in [6.07, 6.45) is 5.15. The van der Waals surface area contributed by atoms with Crippen LogP contribution in [0.1, 0.15) is 38.2 Å². The molecule has 0 atom stereocenters. The molecule has 1 aliphatic rings. The average Bonchev–Trinajstić information content (AvgIpc) is 2.68. The average molecular weight is 277 g/mol. The molecule has 0 spiro atoms. The smallest absolute Gasteiger partial charge is 0.292 e. The summed E-state index contributed by atoms with van der Waals surface area (Å²) in [6.45, 7) is 5.79. The Balaban J connectivity index is 2.11. The van der Waals surface area contributed by atoms with Crippen molar-refractivity contribution in [3.8, 4) is 0 Å². The van der Waals surface area contributed by atoms with Crippen molar-refractivity contribution in [2.45, 2.75) is 39.2 Å². The Morgan fingerprint density at radius 2 is 1.95 bits per heavy atom. The molecule has 20 heavy (non-hydrogen) atoms. The molecule has 1 aromatic carbocycles. The van der Waals surface area contributed by atoms with Gasteiger partial charge in [-0.25, -0.2) is 0 Å². The van der Waals surface area contributed by atoms with Crippen molar-refractivity contribution in [1.82, 2.24) is 4.90 Å². The predicted molar refractivity (Wildman–Crippen MR) is 81.0 cm³/mol. The molecule has 0 aliphatic carbocycles. The number of rotatable bonds is 5. The fourth-order valence-corrected chi connectivity index (χ4v) is 2.73. The van der Waals surface area contributed by atoms with Gasteiger partial charge in [-0.2, -0.15) is 0 Å². The van der Waals surface area contributed by atoms with Crippen LogP contribution in [0.25, 0.3) is 0 Å². The first-order valence-corrected chi connectivity index (χ1v) is 7.44. The number of nitrogens with zero attached hydrogens (tertiary/aromatic N) is 2. The van der Waals surface area contributed by atoms with Gasteiger partial charge in [0.2, 0.25) is 0 Å². The Kier molecular flexibility index (Phi) is 5.35. The monoisotopic (exact) mass is 277 g/mol. The van der Waals surface area contributed by atoms with Crippen molar-refractivity contribution in [3.63, 3.8) is 0 Å². The SMILES string of the molecule is CCNc1cc(CN2CCCCCC2)ccc1[N+](=O)[O-]. The van der Waals surface area contributed by atoms with Gasteiger partial charge in [-0.15, -0.1) is 0 Å². The van der Waals surface area contributed by atoms with E-state index in [1.165, 1.54) is 25.7 Å². The number of nitro groups is 1. The first-order chi connectivity index (χ1) is 9.70. The highest BCUT2D eigenvalue weighted by molar-refractivity contribution is 5.62. The zero-order valence-corrected chi connectivity index (χ0v) is 12.1. The summed E-state index contributed by atoms with van der Waals surface area (Å²) in [7, 11) is 0. The molecule has 1 fully saturated rings. The lowest BCUT2D eigenvalue weighted by Gasteiger charge is -2.20. The molecule has 1 aromatic rings. The molecule has 1 aliphatic heterocycles. The molecule has 0 radical (unpaired) electrons. The maximum absolute atomic E-state index is 11.0. The maximum atomic E-state index is 11.0. The van der Waals surface area contributed by atoms with Crippen LogP contribution in [0.5, 0.6) is 0 Å². The number of likely N-dealkylation sites (tertiary alicyclic amines) is 1. The third kappa shape index (κ3) is 3.93. The predicted octanol–water partition coefficient (Wildman–Crippen LogP) is 3.40. The van der Waals surface area contributed by atoms with Crippen molar-refractivity contribution in [2.24, 2.45) is 0 Å². The zero-order valence-electron chi connectivity index (χ0n) is 12.1. The van der Waals surface area contributed by atoms with Gasteiger partial charge < -0.3 is 5.32 Å². The van der Waals surface area contributed by atoms with Crippen LogP contribution in [-0.2, 0) is 6.54 Å². The van der Waals surface area contributed by atoms with E-state index in [2.05, 4.69) is 10.2 Å². The van der Waals surface area contributed by atoms with Gasteiger partial charge in [0.25, 0.3) is 5.69 Å². The lowest BCUT2D eigenvalue weighted by atomic mass is 10.1. The number of nitro benzene ring substituents is 1. The zero-order chi connectivity index (χ0) is 14.4. The van der Waals surface area contributed by atoms with Gasteiger partial charge in [-0.05, 0) is 44.5 Å². The van der Waals surface area contributed by atoms with Gasteiger partial charge >= 0.3 is 0 Å². The second-order valence-electron chi connectivity index (χ2n) is 5.33. The van der Waals surface area contributed by atoms with E-state index in [1.807, 2.05) is 19.1 Å². The molecular weight excluding hydrogens is 254 g/mol. The quantitative estimate of drug-likeness (QED) is 0.662. The minimum atomic E-state index is -0.326. The van der Waals surface area contributed by atoms with Gasteiger partial charge in [0.1, 0.15) is 5.69 Å². The highest BCUT2D eigenvalue weighted by Crippen LogP contribution is 2.26. The minimum absolute atomic E-state index is 0.159. The number of hydrogen-bond donors (Lipinski definition) is 1. The summed E-state index contributed by atoms with van der Waals surface area (Å²) >= 11 is 0. The molecular formula is C15H23N3O2. The standard InChI is InChI=1S/C15H23N3O2/c1-2-16-14-11-13(7-8-15(14)18(19)20)12-17-9-5-3-4-6-10-17/h7-8,11,16H,2-6,9-10,12H2,1H3. The van der Waals surface area contributed by atoms with Gasteiger partial charge in [0, 0.05) is 19.2 Å². The van der Waals surface area contributed by atoms with E-state index in [0.29, 0.717) is 12.2 Å². The summed E-state index contributed by atoms with van der Waals surface area (Å²) in [4.78, 5) is 13.1. The molecule has 0 aromatic heterocycles. The van der Waals surface area contributed by atoms with E-state index in [-0.39, 0.29) is 10.6 Å². The first kappa shape index (κ1) is 14.8. The largest absolute Gasteiger partial charge is 0.380 e. The lowest BCUT2D eigenvalue weighted by Crippen LogP contribution is -2.24. The van der Waals surface area contributed by atoms with Gasteiger partial charge in [-0.3, -0.25) is 15.0 Å². The molecule has 0 bridgehead atoms. The molecule has 1 heterocycles. The Morgan fingerprint density at radius 1 is 1.25 bits per heavy atom. The highest BCUT2D eigenvalue weighted by atomic mass is 16.6. The van der Waals surface area contributed by atoms with E-state index in [4.69, 9.17) is 0 Å². The van der Waals surface area contributed by atoms with Gasteiger partial charge in [0.15, 0.2) is 0 Å². The summed E-state index contributed by atoms with van der Waals surface area (Å²) in [6, 6.07) is 5.42. The van der Waals surface area contributed by atoms with Crippen molar-refractivity contribution in [1.29, 1.82) is 0 Å². The number of anilines is 1. The fourth-order valence-electron chi connectivity index (χ4n) is 2.73. The number of nitrogens with one attached hydrogen (secondary N) is 1. The van der Waals surface area contributed by atoms with Crippen LogP contribution in [0.15, 0.2) is 18.2 Å². The normalized spacial score (nSPS) is 16.6. The Labute approximate surface area is 120 Å². The minimum Gasteiger partial charge on any atom is -0.380 e. The van der Waals surface area contributed by atoms with Crippen molar-refractivity contribution < 1.29 is 4.92 Å². The third-order valence-corrected chi connectivity index (χ3v) is 3.73. The van der Waals surface area contributed by atoms with Crippen molar-refractivity contribution in [3.05, 3.63) is 33.9 Å². The second kappa shape index (κ2) is 7.24. The Morgan fingerprint density at radius 3 is 2.55 bits per heavy atom. The van der Waals surface area contributed by atoms with Crippen LogP contribution in [0.4, 0.5) is 11.4 Å². The Bertz CT molecular complexity index is 454. The van der Waals surface area contributed by atoms with Gasteiger partial charge in [0.05, 0.1) is 4.92 Å². The topological polar surface area (TPSA) is 58.4 Å². The van der Waals surface area contributed by atoms with Crippen LogP contribution in [-0.4, -0.2) is 29.5 Å². The van der Waals surface area contributed by atoms with Crippen molar-refractivity contribution in [2.75, 3.05) is 25.0 Å². The molecule has 5 nitrogen and oxygen atoms in total. The van der Waals surface area contributed by atoms with Crippen LogP contribution in [0.3, 0.4) is 0 Å². The number of hydrogen-bond acceptors (Lipinski definition) is 4.